The van der Waals surface area contributed by atoms with Crippen molar-refractivity contribution in [1.29, 1.82) is 0 Å². The van der Waals surface area contributed by atoms with Crippen LogP contribution in [-0.4, -0.2) is 31.4 Å². The molecule has 0 aliphatic carbocycles. The van der Waals surface area contributed by atoms with Crippen molar-refractivity contribution < 1.29 is 9.59 Å². The highest BCUT2D eigenvalue weighted by atomic mass is 16.2. The summed E-state index contributed by atoms with van der Waals surface area (Å²) in [7, 11) is 0. The predicted octanol–water partition coefficient (Wildman–Crippen LogP) is 3.21. The van der Waals surface area contributed by atoms with Gasteiger partial charge in [-0.3, -0.25) is 9.59 Å². The van der Waals surface area contributed by atoms with E-state index in [0.717, 1.165) is 24.3 Å². The molecule has 144 valence electrons. The molecule has 1 unspecified atom stereocenters. The zero-order valence-electron chi connectivity index (χ0n) is 16.4. The smallest absolute Gasteiger partial charge is 0.222 e. The van der Waals surface area contributed by atoms with Gasteiger partial charge in [-0.05, 0) is 37.1 Å². The first kappa shape index (κ1) is 20.5. The van der Waals surface area contributed by atoms with E-state index in [2.05, 4.69) is 47.6 Å². The molecule has 0 fully saturated rings. The molecular weight excluding hydrogens is 338 g/mol. The Hall–Kier alpha value is -2.82. The van der Waals surface area contributed by atoms with Crippen LogP contribution in [-0.2, 0) is 9.59 Å². The minimum atomic E-state index is -0.317. The van der Waals surface area contributed by atoms with E-state index in [4.69, 9.17) is 0 Å². The SMILES string of the molecule is CCN(CCNC(=O)CC(NC(C)=O)c1ccccc1)c1cccc(C)c1. The molecular formula is C22H29N3O2. The Morgan fingerprint density at radius 2 is 1.81 bits per heavy atom. The molecule has 2 N–H and O–H groups in total. The fraction of sp³-hybridized carbons (Fsp3) is 0.364. The number of rotatable bonds is 9. The summed E-state index contributed by atoms with van der Waals surface area (Å²) < 4.78 is 0. The lowest BCUT2D eigenvalue weighted by Crippen LogP contribution is -2.37. The Balaban J connectivity index is 1.89. The van der Waals surface area contributed by atoms with E-state index in [0.29, 0.717) is 6.54 Å². The minimum absolute atomic E-state index is 0.0714. The number of carbonyl (C=O) groups excluding carboxylic acids is 2. The number of anilines is 1. The van der Waals surface area contributed by atoms with Crippen LogP contribution < -0.4 is 15.5 Å². The van der Waals surface area contributed by atoms with Gasteiger partial charge in [0.15, 0.2) is 0 Å². The molecule has 0 heterocycles. The van der Waals surface area contributed by atoms with Gasteiger partial charge in [-0.15, -0.1) is 0 Å². The second kappa shape index (κ2) is 10.4. The normalized spacial score (nSPS) is 11.5. The van der Waals surface area contributed by atoms with Crippen molar-refractivity contribution in [3.8, 4) is 0 Å². The predicted molar refractivity (Wildman–Crippen MR) is 110 cm³/mol. The second-order valence-corrected chi connectivity index (χ2v) is 6.64. The fourth-order valence-electron chi connectivity index (χ4n) is 3.07. The maximum Gasteiger partial charge on any atom is 0.222 e. The van der Waals surface area contributed by atoms with Gasteiger partial charge in [-0.25, -0.2) is 0 Å². The van der Waals surface area contributed by atoms with Crippen LogP contribution in [0.3, 0.4) is 0 Å². The molecule has 0 aliphatic heterocycles. The van der Waals surface area contributed by atoms with Crippen LogP contribution >= 0.6 is 0 Å². The maximum absolute atomic E-state index is 12.4. The number of carbonyl (C=O) groups is 2. The zero-order valence-corrected chi connectivity index (χ0v) is 16.4. The highest BCUT2D eigenvalue weighted by molar-refractivity contribution is 5.79. The van der Waals surface area contributed by atoms with Gasteiger partial charge in [0, 0.05) is 32.2 Å². The van der Waals surface area contributed by atoms with Crippen LogP contribution in [0.5, 0.6) is 0 Å². The van der Waals surface area contributed by atoms with Gasteiger partial charge >= 0.3 is 0 Å². The van der Waals surface area contributed by atoms with E-state index in [1.807, 2.05) is 36.4 Å². The zero-order chi connectivity index (χ0) is 19.6. The van der Waals surface area contributed by atoms with Gasteiger partial charge in [-0.1, -0.05) is 42.5 Å². The number of hydrogen-bond donors (Lipinski definition) is 2. The van der Waals surface area contributed by atoms with Crippen LogP contribution in [0.25, 0.3) is 0 Å². The average molecular weight is 367 g/mol. The Labute approximate surface area is 161 Å². The molecule has 5 heteroatoms. The van der Waals surface area contributed by atoms with Crippen molar-refractivity contribution in [2.45, 2.75) is 33.2 Å². The lowest BCUT2D eigenvalue weighted by atomic mass is 10.0. The number of likely N-dealkylation sites (N-methyl/N-ethyl adjacent to an activating group) is 1. The summed E-state index contributed by atoms with van der Waals surface area (Å²) in [6, 6.07) is 17.6. The molecule has 2 aromatic rings. The summed E-state index contributed by atoms with van der Waals surface area (Å²) in [5.74, 6) is -0.217. The Bertz CT molecular complexity index is 746. The van der Waals surface area contributed by atoms with E-state index >= 15 is 0 Å². The molecule has 2 rings (SSSR count). The maximum atomic E-state index is 12.4. The molecule has 27 heavy (non-hydrogen) atoms. The summed E-state index contributed by atoms with van der Waals surface area (Å²) in [6.07, 6.45) is 0.222. The van der Waals surface area contributed by atoms with Crippen molar-refractivity contribution in [2.75, 3.05) is 24.5 Å². The molecule has 0 saturated heterocycles. The lowest BCUT2D eigenvalue weighted by molar-refractivity contribution is -0.122. The summed E-state index contributed by atoms with van der Waals surface area (Å²) in [6.45, 7) is 7.81. The van der Waals surface area contributed by atoms with E-state index in [9.17, 15) is 9.59 Å². The third-order valence-electron chi connectivity index (χ3n) is 4.42. The minimum Gasteiger partial charge on any atom is -0.370 e. The summed E-state index contributed by atoms with van der Waals surface area (Å²) in [5.41, 5.74) is 3.31. The first-order chi connectivity index (χ1) is 13.0. The van der Waals surface area contributed by atoms with Gasteiger partial charge in [0.2, 0.25) is 11.8 Å². The van der Waals surface area contributed by atoms with Crippen molar-refractivity contribution in [3.63, 3.8) is 0 Å². The number of aryl methyl sites for hydroxylation is 1. The van der Waals surface area contributed by atoms with Crippen molar-refractivity contribution >= 4 is 17.5 Å². The highest BCUT2D eigenvalue weighted by Gasteiger charge is 2.17. The number of hydrogen-bond acceptors (Lipinski definition) is 3. The van der Waals surface area contributed by atoms with Crippen molar-refractivity contribution in [3.05, 3.63) is 65.7 Å². The van der Waals surface area contributed by atoms with E-state index in [1.54, 1.807) is 0 Å². The van der Waals surface area contributed by atoms with Gasteiger partial charge in [0.1, 0.15) is 0 Å². The van der Waals surface area contributed by atoms with Gasteiger partial charge in [0.05, 0.1) is 12.5 Å². The Morgan fingerprint density at radius 3 is 2.44 bits per heavy atom. The molecule has 2 aromatic carbocycles. The van der Waals surface area contributed by atoms with Gasteiger partial charge in [0.25, 0.3) is 0 Å². The summed E-state index contributed by atoms with van der Waals surface area (Å²) in [5, 5.41) is 5.83. The van der Waals surface area contributed by atoms with E-state index in [1.165, 1.54) is 12.5 Å². The van der Waals surface area contributed by atoms with Crippen LogP contribution in [0.2, 0.25) is 0 Å². The Morgan fingerprint density at radius 1 is 1.07 bits per heavy atom. The standard InChI is InChI=1S/C22H29N3O2/c1-4-25(20-12-8-9-17(2)15-20)14-13-23-22(27)16-21(24-18(3)26)19-10-6-5-7-11-19/h5-12,15,21H,4,13-14,16H2,1-3H3,(H,23,27)(H,24,26). The van der Waals surface area contributed by atoms with Crippen molar-refractivity contribution in [1.82, 2.24) is 10.6 Å². The summed E-state index contributed by atoms with van der Waals surface area (Å²) >= 11 is 0. The number of amides is 2. The molecule has 1 atom stereocenters. The third-order valence-corrected chi connectivity index (χ3v) is 4.42. The second-order valence-electron chi connectivity index (χ2n) is 6.64. The third kappa shape index (κ3) is 6.77. The number of benzene rings is 2. The molecule has 0 aromatic heterocycles. The van der Waals surface area contributed by atoms with E-state index < -0.39 is 0 Å². The molecule has 0 radical (unpaired) electrons. The monoisotopic (exact) mass is 367 g/mol. The molecule has 0 bridgehead atoms. The largest absolute Gasteiger partial charge is 0.370 e. The molecule has 5 nitrogen and oxygen atoms in total. The summed E-state index contributed by atoms with van der Waals surface area (Å²) in [4.78, 5) is 26.1. The molecule has 0 aliphatic rings. The van der Waals surface area contributed by atoms with Crippen LogP contribution in [0.15, 0.2) is 54.6 Å². The van der Waals surface area contributed by atoms with Gasteiger partial charge in [-0.2, -0.15) is 0 Å². The van der Waals surface area contributed by atoms with Gasteiger partial charge < -0.3 is 15.5 Å². The van der Waals surface area contributed by atoms with Crippen LogP contribution in [0, 0.1) is 6.92 Å². The van der Waals surface area contributed by atoms with E-state index in [-0.39, 0.29) is 24.3 Å². The molecule has 0 saturated carbocycles. The van der Waals surface area contributed by atoms with Crippen LogP contribution in [0.1, 0.15) is 37.4 Å². The number of nitrogens with zero attached hydrogens (tertiary/aromatic N) is 1. The molecule has 0 spiro atoms. The highest BCUT2D eigenvalue weighted by Crippen LogP contribution is 2.17. The quantitative estimate of drug-likeness (QED) is 0.715. The number of nitrogens with one attached hydrogen (secondary N) is 2. The fourth-order valence-corrected chi connectivity index (χ4v) is 3.07. The lowest BCUT2D eigenvalue weighted by Gasteiger charge is -2.24. The van der Waals surface area contributed by atoms with Crippen molar-refractivity contribution in [2.24, 2.45) is 0 Å². The first-order valence-corrected chi connectivity index (χ1v) is 9.40. The Kier molecular flexibility index (Phi) is 7.86. The average Bonchev–Trinajstić information content (AvgIpc) is 2.65. The van der Waals surface area contributed by atoms with Crippen LogP contribution in [0.4, 0.5) is 5.69 Å². The topological polar surface area (TPSA) is 61.4 Å². The first-order valence-electron chi connectivity index (χ1n) is 9.40. The molecule has 2 amide bonds.